The first kappa shape index (κ1) is 13.6. The fourth-order valence-corrected chi connectivity index (χ4v) is 2.11. The molecule has 0 aliphatic rings. The third-order valence-corrected chi connectivity index (χ3v) is 3.05. The van der Waals surface area contributed by atoms with E-state index < -0.39 is 0 Å². The molecule has 17 heavy (non-hydrogen) atoms. The first-order valence-electron chi connectivity index (χ1n) is 5.12. The van der Waals surface area contributed by atoms with Crippen molar-refractivity contribution in [2.24, 2.45) is 5.16 Å². The molecule has 5 heteroatoms. The molecule has 0 saturated carbocycles. The van der Waals surface area contributed by atoms with Gasteiger partial charge < -0.3 is 5.21 Å². The highest BCUT2D eigenvalue weighted by Crippen LogP contribution is 2.16. The molecule has 1 N–H and O–H groups in total. The average Bonchev–Trinajstić information content (AvgIpc) is 2.73. The Hall–Kier alpha value is -1.46. The summed E-state index contributed by atoms with van der Waals surface area (Å²) in [6.45, 7) is 9.04. The molecule has 0 atom stereocenters. The quantitative estimate of drug-likeness (QED) is 0.351. The predicted octanol–water partition coefficient (Wildman–Crippen LogP) is 2.74. The zero-order valence-electron chi connectivity index (χ0n) is 9.47. The summed E-state index contributed by atoms with van der Waals surface area (Å²) in [5.41, 5.74) is 0.447. The van der Waals surface area contributed by atoms with E-state index in [-0.39, 0.29) is 5.13 Å². The lowest BCUT2D eigenvalue weighted by Gasteiger charge is -2.18. The zero-order chi connectivity index (χ0) is 12.7. The Morgan fingerprint density at radius 3 is 2.47 bits per heavy atom. The van der Waals surface area contributed by atoms with Gasteiger partial charge in [-0.15, -0.1) is 24.5 Å². The van der Waals surface area contributed by atoms with Gasteiger partial charge in [0, 0.05) is 19.6 Å². The summed E-state index contributed by atoms with van der Waals surface area (Å²) >= 11 is 0.963. The van der Waals surface area contributed by atoms with E-state index in [9.17, 15) is 4.39 Å². The molecule has 0 unspecified atom stereocenters. The summed E-state index contributed by atoms with van der Waals surface area (Å²) in [6, 6.07) is 2.96. The van der Waals surface area contributed by atoms with Gasteiger partial charge in [0.2, 0.25) is 0 Å². The third-order valence-electron chi connectivity index (χ3n) is 2.13. The molecule has 1 rings (SSSR count). The van der Waals surface area contributed by atoms with Crippen molar-refractivity contribution in [1.29, 1.82) is 0 Å². The molecule has 0 aliphatic heterocycles. The lowest BCUT2D eigenvalue weighted by atomic mass is 10.2. The van der Waals surface area contributed by atoms with E-state index in [0.717, 1.165) is 11.3 Å². The second-order valence-corrected chi connectivity index (χ2v) is 4.46. The molecule has 0 saturated heterocycles. The van der Waals surface area contributed by atoms with E-state index >= 15 is 0 Å². The molecule has 0 bridgehead atoms. The highest BCUT2D eigenvalue weighted by molar-refractivity contribution is 7.12. The number of hydrogen-bond acceptors (Lipinski definition) is 4. The molecule has 1 heterocycles. The van der Waals surface area contributed by atoms with Crippen molar-refractivity contribution in [3.63, 3.8) is 0 Å². The number of nitrogens with zero attached hydrogens (tertiary/aromatic N) is 2. The van der Waals surface area contributed by atoms with E-state index in [0.29, 0.717) is 30.2 Å². The molecule has 0 amide bonds. The second kappa shape index (κ2) is 6.98. The van der Waals surface area contributed by atoms with E-state index in [1.807, 2.05) is 4.90 Å². The molecule has 1 aromatic heterocycles. The molecule has 3 nitrogen and oxygen atoms in total. The summed E-state index contributed by atoms with van der Waals surface area (Å²) in [6.07, 6.45) is 3.51. The molecule has 0 aromatic carbocycles. The minimum atomic E-state index is -0.292. The normalized spacial score (nSPS) is 11.8. The molecule has 0 radical (unpaired) electrons. The average molecular weight is 254 g/mol. The minimum Gasteiger partial charge on any atom is -0.411 e. The maximum Gasteiger partial charge on any atom is 0.177 e. The fourth-order valence-electron chi connectivity index (χ4n) is 1.41. The summed E-state index contributed by atoms with van der Waals surface area (Å²) < 4.78 is 12.9. The molecule has 0 spiro atoms. The van der Waals surface area contributed by atoms with Crippen LogP contribution in [0, 0.1) is 5.13 Å². The number of hydrogen-bond donors (Lipinski definition) is 1. The van der Waals surface area contributed by atoms with Gasteiger partial charge in [-0.1, -0.05) is 17.3 Å². The van der Waals surface area contributed by atoms with E-state index in [1.54, 1.807) is 18.2 Å². The maximum atomic E-state index is 12.9. The van der Waals surface area contributed by atoms with Crippen molar-refractivity contribution in [2.75, 3.05) is 19.6 Å². The summed E-state index contributed by atoms with van der Waals surface area (Å²) in [7, 11) is 0. The molecule has 1 aromatic rings. The smallest absolute Gasteiger partial charge is 0.177 e. The van der Waals surface area contributed by atoms with Crippen LogP contribution in [0.4, 0.5) is 4.39 Å². The van der Waals surface area contributed by atoms with Crippen molar-refractivity contribution >= 4 is 17.0 Å². The van der Waals surface area contributed by atoms with E-state index in [4.69, 9.17) is 5.21 Å². The number of rotatable bonds is 7. The molecule has 0 aliphatic carbocycles. The predicted molar refractivity (Wildman–Crippen MR) is 69.4 cm³/mol. The van der Waals surface area contributed by atoms with Gasteiger partial charge in [-0.25, -0.2) is 0 Å². The van der Waals surface area contributed by atoms with Crippen LogP contribution in [-0.2, 0) is 0 Å². The third kappa shape index (κ3) is 4.13. The minimum absolute atomic E-state index is 0.292. The molecule has 92 valence electrons. The number of thiophene rings is 1. The summed E-state index contributed by atoms with van der Waals surface area (Å²) in [4.78, 5) is 2.61. The van der Waals surface area contributed by atoms with Crippen molar-refractivity contribution < 1.29 is 9.60 Å². The first-order chi connectivity index (χ1) is 8.21. The van der Waals surface area contributed by atoms with Gasteiger partial charge in [-0.2, -0.15) is 4.39 Å². The molecular formula is C12H15FN2OS. The Morgan fingerprint density at radius 2 is 2.06 bits per heavy atom. The van der Waals surface area contributed by atoms with Crippen molar-refractivity contribution in [1.82, 2.24) is 4.90 Å². The van der Waals surface area contributed by atoms with Crippen LogP contribution in [0.3, 0.4) is 0 Å². The lowest BCUT2D eigenvalue weighted by Crippen LogP contribution is -2.30. The summed E-state index contributed by atoms with van der Waals surface area (Å²) in [5.74, 6) is 0. The van der Waals surface area contributed by atoms with Crippen LogP contribution >= 0.6 is 11.3 Å². The Kier molecular flexibility index (Phi) is 5.59. The van der Waals surface area contributed by atoms with Crippen LogP contribution in [0.25, 0.3) is 0 Å². The Morgan fingerprint density at radius 1 is 1.41 bits per heavy atom. The van der Waals surface area contributed by atoms with Crippen LogP contribution in [0.15, 0.2) is 42.6 Å². The van der Waals surface area contributed by atoms with Gasteiger partial charge >= 0.3 is 0 Å². The van der Waals surface area contributed by atoms with Crippen LogP contribution in [0.5, 0.6) is 0 Å². The number of halogens is 1. The standard InChI is InChI=1S/C12H15FN2OS/c1-3-7-15(8-4-2)9-10(14-16)11-5-6-12(13)17-11/h3-6,16H,1-2,7-9H2/b14-10-. The molecule has 0 fully saturated rings. The van der Waals surface area contributed by atoms with Crippen molar-refractivity contribution in [3.05, 3.63) is 47.5 Å². The molecular weight excluding hydrogens is 239 g/mol. The van der Waals surface area contributed by atoms with Crippen LogP contribution in [-0.4, -0.2) is 35.5 Å². The van der Waals surface area contributed by atoms with Crippen molar-refractivity contribution in [3.8, 4) is 0 Å². The van der Waals surface area contributed by atoms with Gasteiger partial charge in [0.1, 0.15) is 5.71 Å². The highest BCUT2D eigenvalue weighted by atomic mass is 32.1. The van der Waals surface area contributed by atoms with E-state index in [2.05, 4.69) is 18.3 Å². The van der Waals surface area contributed by atoms with Gasteiger partial charge in [0.05, 0.1) is 4.88 Å². The fraction of sp³-hybridized carbons (Fsp3) is 0.250. The van der Waals surface area contributed by atoms with E-state index in [1.165, 1.54) is 6.07 Å². The maximum absolute atomic E-state index is 12.9. The van der Waals surface area contributed by atoms with Gasteiger partial charge in [-0.3, -0.25) is 4.90 Å². The Balaban J connectivity index is 2.74. The van der Waals surface area contributed by atoms with Gasteiger partial charge in [0.15, 0.2) is 5.13 Å². The topological polar surface area (TPSA) is 35.8 Å². The Labute approximate surface area is 104 Å². The second-order valence-electron chi connectivity index (χ2n) is 3.42. The Bertz CT molecular complexity index is 404. The lowest BCUT2D eigenvalue weighted by molar-refractivity contribution is 0.311. The number of oxime groups is 1. The monoisotopic (exact) mass is 254 g/mol. The first-order valence-corrected chi connectivity index (χ1v) is 5.93. The van der Waals surface area contributed by atoms with Gasteiger partial charge in [-0.05, 0) is 12.1 Å². The highest BCUT2D eigenvalue weighted by Gasteiger charge is 2.12. The van der Waals surface area contributed by atoms with Crippen molar-refractivity contribution in [2.45, 2.75) is 0 Å². The van der Waals surface area contributed by atoms with Crippen LogP contribution in [0.1, 0.15) is 4.88 Å². The van der Waals surface area contributed by atoms with Crippen LogP contribution < -0.4 is 0 Å². The SMILES string of the molecule is C=CCN(CC=C)C/C(=N/O)c1ccc(F)s1. The largest absolute Gasteiger partial charge is 0.411 e. The van der Waals surface area contributed by atoms with Gasteiger partial charge in [0.25, 0.3) is 0 Å². The van der Waals surface area contributed by atoms with Crippen LogP contribution in [0.2, 0.25) is 0 Å². The zero-order valence-corrected chi connectivity index (χ0v) is 10.3. The summed E-state index contributed by atoms with van der Waals surface area (Å²) in [5, 5.41) is 11.9.